The topological polar surface area (TPSA) is 66.8 Å². The molecule has 0 aliphatic heterocycles. The first kappa shape index (κ1) is 26.1. The van der Waals surface area contributed by atoms with Crippen molar-refractivity contribution in [3.8, 4) is 11.5 Å². The van der Waals surface area contributed by atoms with Crippen molar-refractivity contribution in [1.29, 1.82) is 0 Å². The van der Waals surface area contributed by atoms with E-state index in [-0.39, 0.29) is 17.4 Å². The molecule has 1 unspecified atom stereocenters. The molecule has 0 heterocycles. The standard InChI is InChI=1S/C27H38O4S/c1-25(2,3)21-16-20(17-22(23(21)28)26(4,5)6)32-15-11-14-27(7,24(29)30)18-31-19-12-9-8-10-13-19/h8-10,12-13,16-17,28H,11,14-15,18H2,1-7H3,(H,29,30). The number of carboxylic acid groups (broad SMARTS) is 1. The van der Waals surface area contributed by atoms with Crippen LogP contribution in [0.3, 0.4) is 0 Å². The molecule has 5 heteroatoms. The number of phenols is 1. The van der Waals surface area contributed by atoms with Gasteiger partial charge in [0.25, 0.3) is 0 Å². The second kappa shape index (κ2) is 10.2. The highest BCUT2D eigenvalue weighted by atomic mass is 32.2. The van der Waals surface area contributed by atoms with Crippen LogP contribution in [0.1, 0.15) is 72.4 Å². The van der Waals surface area contributed by atoms with Crippen LogP contribution in [0.2, 0.25) is 0 Å². The molecule has 4 nitrogen and oxygen atoms in total. The molecule has 2 aromatic carbocycles. The molecule has 0 bridgehead atoms. The summed E-state index contributed by atoms with van der Waals surface area (Å²) in [6.07, 6.45) is 1.28. The average Bonchev–Trinajstić information content (AvgIpc) is 2.69. The zero-order valence-electron chi connectivity index (χ0n) is 20.5. The van der Waals surface area contributed by atoms with Gasteiger partial charge in [-0.25, -0.2) is 0 Å². The smallest absolute Gasteiger partial charge is 0.312 e. The van der Waals surface area contributed by atoms with E-state index in [9.17, 15) is 15.0 Å². The zero-order chi connectivity index (χ0) is 24.2. The normalized spacial score (nSPS) is 14.1. The highest BCUT2D eigenvalue weighted by molar-refractivity contribution is 7.99. The number of thioether (sulfide) groups is 1. The van der Waals surface area contributed by atoms with E-state index in [0.717, 1.165) is 28.2 Å². The Morgan fingerprint density at radius 1 is 0.938 bits per heavy atom. The van der Waals surface area contributed by atoms with Crippen molar-refractivity contribution < 1.29 is 19.7 Å². The maximum absolute atomic E-state index is 11.9. The third kappa shape index (κ3) is 6.93. The number of para-hydroxylation sites is 1. The molecule has 2 aromatic rings. The van der Waals surface area contributed by atoms with Crippen LogP contribution in [0.25, 0.3) is 0 Å². The van der Waals surface area contributed by atoms with Crippen molar-refractivity contribution in [1.82, 2.24) is 0 Å². The van der Waals surface area contributed by atoms with E-state index in [1.165, 1.54) is 0 Å². The van der Waals surface area contributed by atoms with Gasteiger partial charge in [-0.05, 0) is 60.6 Å². The average molecular weight is 459 g/mol. The van der Waals surface area contributed by atoms with Gasteiger partial charge in [0, 0.05) is 16.0 Å². The predicted octanol–water partition coefficient (Wildman–Crippen LogP) is 7.03. The molecule has 2 rings (SSSR count). The summed E-state index contributed by atoms with van der Waals surface area (Å²) in [5.74, 6) is 1.02. The van der Waals surface area contributed by atoms with Gasteiger partial charge in [-0.3, -0.25) is 4.79 Å². The fraction of sp³-hybridized carbons (Fsp3) is 0.519. The molecule has 0 radical (unpaired) electrons. The number of aliphatic carboxylic acids is 1. The van der Waals surface area contributed by atoms with Crippen LogP contribution >= 0.6 is 11.8 Å². The number of benzene rings is 2. The van der Waals surface area contributed by atoms with Crippen LogP contribution in [0.15, 0.2) is 47.4 Å². The Labute approximate surface area is 197 Å². The summed E-state index contributed by atoms with van der Waals surface area (Å²) < 4.78 is 5.75. The second-order valence-corrected chi connectivity index (χ2v) is 12.0. The maximum Gasteiger partial charge on any atom is 0.312 e. The van der Waals surface area contributed by atoms with E-state index in [0.29, 0.717) is 17.9 Å². The fourth-order valence-electron chi connectivity index (χ4n) is 3.49. The number of aromatic hydroxyl groups is 1. The van der Waals surface area contributed by atoms with Crippen LogP contribution in [-0.4, -0.2) is 28.5 Å². The van der Waals surface area contributed by atoms with Gasteiger partial charge in [0.1, 0.15) is 18.1 Å². The van der Waals surface area contributed by atoms with Gasteiger partial charge in [-0.2, -0.15) is 0 Å². The second-order valence-electron chi connectivity index (χ2n) is 10.8. The molecule has 1 atom stereocenters. The third-order valence-corrected chi connectivity index (χ3v) is 6.72. The molecule has 0 fully saturated rings. The summed E-state index contributed by atoms with van der Waals surface area (Å²) in [5, 5.41) is 20.7. The first-order valence-electron chi connectivity index (χ1n) is 11.2. The third-order valence-electron chi connectivity index (χ3n) is 5.66. The highest BCUT2D eigenvalue weighted by Gasteiger charge is 2.34. The lowest BCUT2D eigenvalue weighted by Crippen LogP contribution is -2.34. The van der Waals surface area contributed by atoms with Crippen LogP contribution in [-0.2, 0) is 15.6 Å². The molecule has 0 spiro atoms. The monoisotopic (exact) mass is 458 g/mol. The minimum atomic E-state index is -0.946. The molecule has 32 heavy (non-hydrogen) atoms. The van der Waals surface area contributed by atoms with Crippen molar-refractivity contribution in [2.45, 2.75) is 77.0 Å². The van der Waals surface area contributed by atoms with Gasteiger partial charge in [0.2, 0.25) is 0 Å². The Kier molecular flexibility index (Phi) is 8.33. The minimum Gasteiger partial charge on any atom is -0.507 e. The minimum absolute atomic E-state index is 0.137. The van der Waals surface area contributed by atoms with E-state index in [1.54, 1.807) is 18.7 Å². The summed E-state index contributed by atoms with van der Waals surface area (Å²) in [6.45, 7) is 14.5. The van der Waals surface area contributed by atoms with Crippen molar-refractivity contribution in [3.05, 3.63) is 53.6 Å². The van der Waals surface area contributed by atoms with Crippen molar-refractivity contribution in [3.63, 3.8) is 0 Å². The zero-order valence-corrected chi connectivity index (χ0v) is 21.3. The Morgan fingerprint density at radius 3 is 1.94 bits per heavy atom. The number of rotatable bonds is 9. The molecule has 0 aliphatic rings. The van der Waals surface area contributed by atoms with Crippen molar-refractivity contribution >= 4 is 17.7 Å². The number of carboxylic acids is 1. The fourth-order valence-corrected chi connectivity index (χ4v) is 4.41. The molecule has 0 saturated heterocycles. The van der Waals surface area contributed by atoms with E-state index in [4.69, 9.17) is 4.74 Å². The Hall–Kier alpha value is -2.14. The van der Waals surface area contributed by atoms with Crippen molar-refractivity contribution in [2.75, 3.05) is 12.4 Å². The largest absolute Gasteiger partial charge is 0.507 e. The quantitative estimate of drug-likeness (QED) is 0.312. The molecule has 0 aliphatic carbocycles. The molecular weight excluding hydrogens is 420 g/mol. The lowest BCUT2D eigenvalue weighted by molar-refractivity contribution is -0.150. The Bertz CT molecular complexity index is 874. The van der Waals surface area contributed by atoms with Crippen molar-refractivity contribution in [2.24, 2.45) is 5.41 Å². The van der Waals surface area contributed by atoms with E-state index < -0.39 is 11.4 Å². The first-order valence-corrected chi connectivity index (χ1v) is 12.1. The number of carbonyl (C=O) groups is 1. The highest BCUT2D eigenvalue weighted by Crippen LogP contribution is 2.42. The molecule has 0 aromatic heterocycles. The molecule has 0 saturated carbocycles. The van der Waals surface area contributed by atoms with Gasteiger partial charge in [0.05, 0.1) is 5.41 Å². The SMILES string of the molecule is CC(CCCSc1cc(C(C)(C)C)c(O)c(C(C)(C)C)c1)(COc1ccccc1)C(=O)O. The number of hydrogen-bond acceptors (Lipinski definition) is 4. The van der Waals surface area contributed by atoms with Gasteiger partial charge in [0.15, 0.2) is 0 Å². The van der Waals surface area contributed by atoms with Gasteiger partial charge >= 0.3 is 5.97 Å². The maximum atomic E-state index is 11.9. The van der Waals surface area contributed by atoms with Gasteiger partial charge in [-0.1, -0.05) is 59.7 Å². The Balaban J connectivity index is 2.07. The number of ether oxygens (including phenoxy) is 1. The lowest BCUT2D eigenvalue weighted by Gasteiger charge is -2.28. The van der Waals surface area contributed by atoms with Crippen LogP contribution in [0, 0.1) is 5.41 Å². The van der Waals surface area contributed by atoms with Gasteiger partial charge in [-0.15, -0.1) is 11.8 Å². The summed E-state index contributed by atoms with van der Waals surface area (Å²) >= 11 is 1.71. The summed E-state index contributed by atoms with van der Waals surface area (Å²) in [4.78, 5) is 13.0. The van der Waals surface area contributed by atoms with E-state index >= 15 is 0 Å². The molecule has 176 valence electrons. The Morgan fingerprint density at radius 2 is 1.47 bits per heavy atom. The summed E-state index contributed by atoms with van der Waals surface area (Å²) in [7, 11) is 0. The number of hydrogen-bond donors (Lipinski definition) is 2. The molecule has 2 N–H and O–H groups in total. The predicted molar refractivity (Wildman–Crippen MR) is 133 cm³/mol. The lowest BCUT2D eigenvalue weighted by atomic mass is 9.79. The van der Waals surface area contributed by atoms with Crippen LogP contribution in [0.5, 0.6) is 11.5 Å². The summed E-state index contributed by atoms with van der Waals surface area (Å²) in [5.41, 5.74) is 0.603. The molecule has 0 amide bonds. The van der Waals surface area contributed by atoms with Gasteiger partial charge < -0.3 is 14.9 Å². The number of phenolic OH excluding ortho intramolecular Hbond substituents is 1. The van der Waals surface area contributed by atoms with E-state index in [1.807, 2.05) is 30.3 Å². The van der Waals surface area contributed by atoms with E-state index in [2.05, 4.69) is 53.7 Å². The molecular formula is C27H38O4S. The van der Waals surface area contributed by atoms with Crippen LogP contribution in [0.4, 0.5) is 0 Å². The first-order chi connectivity index (χ1) is 14.7. The van der Waals surface area contributed by atoms with Crippen LogP contribution < -0.4 is 4.74 Å². The summed E-state index contributed by atoms with van der Waals surface area (Å²) in [6, 6.07) is 13.5.